The maximum Gasteiger partial charge on any atom is 0.0417 e. The lowest BCUT2D eigenvalue weighted by Gasteiger charge is -2.28. The number of rotatable bonds is 6. The van der Waals surface area contributed by atoms with Gasteiger partial charge in [0, 0.05) is 10.9 Å². The second-order valence-corrected chi connectivity index (χ2v) is 6.38. The van der Waals surface area contributed by atoms with Crippen LogP contribution in [0.2, 0.25) is 0 Å². The molecule has 1 aromatic heterocycles. The summed E-state index contributed by atoms with van der Waals surface area (Å²) in [6, 6.07) is 5.02. The highest BCUT2D eigenvalue weighted by Gasteiger charge is 2.20. The summed E-state index contributed by atoms with van der Waals surface area (Å²) in [7, 11) is 0. The average molecular weight is 237 g/mol. The van der Waals surface area contributed by atoms with E-state index in [0.717, 1.165) is 11.8 Å². The molecule has 1 atom stereocenters. The summed E-state index contributed by atoms with van der Waals surface area (Å²) < 4.78 is 0. The van der Waals surface area contributed by atoms with E-state index in [1.54, 1.807) is 0 Å². The monoisotopic (exact) mass is 237 g/mol. The Balaban J connectivity index is 1.86. The fourth-order valence-electron chi connectivity index (χ4n) is 2.27. The van der Waals surface area contributed by atoms with Gasteiger partial charge >= 0.3 is 0 Å². The third-order valence-electron chi connectivity index (χ3n) is 3.47. The molecule has 1 aliphatic rings. The zero-order chi connectivity index (χ0) is 11.4. The summed E-state index contributed by atoms with van der Waals surface area (Å²) in [5, 5.41) is 5.95. The first-order chi connectivity index (χ1) is 7.75. The van der Waals surface area contributed by atoms with Crippen molar-refractivity contribution in [1.29, 1.82) is 0 Å². The first-order valence-electron chi connectivity index (χ1n) is 6.52. The molecule has 1 saturated carbocycles. The van der Waals surface area contributed by atoms with Gasteiger partial charge < -0.3 is 5.32 Å². The first-order valence-corrected chi connectivity index (χ1v) is 7.40. The SMILES string of the molecule is CC(C)CC(NCC1CCC1)c1cccs1. The van der Waals surface area contributed by atoms with Gasteiger partial charge in [0.1, 0.15) is 0 Å². The Hall–Kier alpha value is -0.340. The van der Waals surface area contributed by atoms with Gasteiger partial charge in [0.05, 0.1) is 0 Å². The van der Waals surface area contributed by atoms with Gasteiger partial charge in [0.15, 0.2) is 0 Å². The summed E-state index contributed by atoms with van der Waals surface area (Å²) in [6.45, 7) is 5.84. The molecule has 1 fully saturated rings. The van der Waals surface area contributed by atoms with Crippen molar-refractivity contribution in [3.8, 4) is 0 Å². The molecule has 1 unspecified atom stereocenters. The van der Waals surface area contributed by atoms with E-state index in [0.29, 0.717) is 6.04 Å². The first kappa shape index (κ1) is 12.1. The van der Waals surface area contributed by atoms with Crippen molar-refractivity contribution >= 4 is 11.3 Å². The predicted octanol–water partition coefficient (Wildman–Crippen LogP) is 4.23. The van der Waals surface area contributed by atoms with Crippen molar-refractivity contribution < 1.29 is 0 Å². The quantitative estimate of drug-likeness (QED) is 0.781. The van der Waals surface area contributed by atoms with Crippen molar-refractivity contribution in [2.24, 2.45) is 11.8 Å². The van der Waals surface area contributed by atoms with Crippen molar-refractivity contribution in [3.63, 3.8) is 0 Å². The molecule has 0 saturated heterocycles. The predicted molar refractivity (Wildman–Crippen MR) is 71.9 cm³/mol. The van der Waals surface area contributed by atoms with Crippen LogP contribution in [0.25, 0.3) is 0 Å². The van der Waals surface area contributed by atoms with E-state index in [2.05, 4.69) is 36.7 Å². The fraction of sp³-hybridized carbons (Fsp3) is 0.714. The molecule has 90 valence electrons. The van der Waals surface area contributed by atoms with E-state index < -0.39 is 0 Å². The minimum Gasteiger partial charge on any atom is -0.309 e. The lowest BCUT2D eigenvalue weighted by Crippen LogP contribution is -2.30. The Bertz CT molecular complexity index is 288. The van der Waals surface area contributed by atoms with E-state index >= 15 is 0 Å². The van der Waals surface area contributed by atoms with Gasteiger partial charge in [0.2, 0.25) is 0 Å². The number of nitrogens with one attached hydrogen (secondary N) is 1. The van der Waals surface area contributed by atoms with Crippen molar-refractivity contribution in [3.05, 3.63) is 22.4 Å². The standard InChI is InChI=1S/C14H23NS/c1-11(2)9-13(14-7-4-8-16-14)15-10-12-5-3-6-12/h4,7-8,11-13,15H,3,5-6,9-10H2,1-2H3. The molecule has 0 aromatic carbocycles. The highest BCUT2D eigenvalue weighted by Crippen LogP contribution is 2.29. The minimum atomic E-state index is 0.584. The summed E-state index contributed by atoms with van der Waals surface area (Å²) in [4.78, 5) is 1.51. The Morgan fingerprint density at radius 3 is 2.75 bits per heavy atom. The van der Waals surface area contributed by atoms with Gasteiger partial charge in [-0.25, -0.2) is 0 Å². The Kier molecular flexibility index (Phi) is 4.42. The Morgan fingerprint density at radius 2 is 2.25 bits per heavy atom. The molecule has 1 nitrogen and oxygen atoms in total. The molecule has 2 rings (SSSR count). The van der Waals surface area contributed by atoms with Crippen LogP contribution >= 0.6 is 11.3 Å². The number of hydrogen-bond acceptors (Lipinski definition) is 2. The van der Waals surface area contributed by atoms with E-state index in [1.165, 1.54) is 37.1 Å². The van der Waals surface area contributed by atoms with Crippen molar-refractivity contribution in [1.82, 2.24) is 5.32 Å². The number of hydrogen-bond donors (Lipinski definition) is 1. The normalized spacial score (nSPS) is 18.7. The van der Waals surface area contributed by atoms with Crippen molar-refractivity contribution in [2.45, 2.75) is 45.6 Å². The van der Waals surface area contributed by atoms with E-state index in [9.17, 15) is 0 Å². The molecule has 0 amide bonds. The molecule has 2 heteroatoms. The second-order valence-electron chi connectivity index (χ2n) is 5.40. The zero-order valence-corrected chi connectivity index (χ0v) is 11.2. The van der Waals surface area contributed by atoms with Crippen LogP contribution in [0.1, 0.15) is 50.4 Å². The molecule has 0 aliphatic heterocycles. The second kappa shape index (κ2) is 5.83. The smallest absolute Gasteiger partial charge is 0.0417 e. The zero-order valence-electron chi connectivity index (χ0n) is 10.4. The summed E-state index contributed by atoms with van der Waals surface area (Å²) >= 11 is 1.89. The largest absolute Gasteiger partial charge is 0.309 e. The van der Waals surface area contributed by atoms with Gasteiger partial charge in [-0.1, -0.05) is 26.3 Å². The average Bonchev–Trinajstić information content (AvgIpc) is 2.65. The van der Waals surface area contributed by atoms with Gasteiger partial charge in [-0.15, -0.1) is 11.3 Å². The van der Waals surface area contributed by atoms with Crippen LogP contribution in [0.3, 0.4) is 0 Å². The lowest BCUT2D eigenvalue weighted by atomic mass is 9.85. The lowest BCUT2D eigenvalue weighted by molar-refractivity contribution is 0.281. The molecule has 1 aliphatic carbocycles. The fourth-order valence-corrected chi connectivity index (χ4v) is 3.08. The number of thiophene rings is 1. The van der Waals surface area contributed by atoms with Crippen molar-refractivity contribution in [2.75, 3.05) is 6.54 Å². The molecule has 1 heterocycles. The molecule has 0 spiro atoms. The maximum atomic E-state index is 3.77. The maximum absolute atomic E-state index is 3.77. The van der Waals surface area contributed by atoms with E-state index in [1.807, 2.05) is 11.3 Å². The topological polar surface area (TPSA) is 12.0 Å². The molecular formula is C14H23NS. The summed E-state index contributed by atoms with van der Waals surface area (Å²) in [5.41, 5.74) is 0. The summed E-state index contributed by atoms with van der Waals surface area (Å²) in [6.07, 6.45) is 5.57. The molecule has 1 N–H and O–H groups in total. The minimum absolute atomic E-state index is 0.584. The van der Waals surface area contributed by atoms with Crippen LogP contribution in [0.5, 0.6) is 0 Å². The van der Waals surface area contributed by atoms with Crippen LogP contribution in [0.4, 0.5) is 0 Å². The van der Waals surface area contributed by atoms with E-state index in [4.69, 9.17) is 0 Å². The molecule has 1 aromatic rings. The van der Waals surface area contributed by atoms with Gasteiger partial charge in [-0.2, -0.15) is 0 Å². The van der Waals surface area contributed by atoms with Crippen LogP contribution < -0.4 is 5.32 Å². The van der Waals surface area contributed by atoms with Gasteiger partial charge in [0.25, 0.3) is 0 Å². The Morgan fingerprint density at radius 1 is 1.44 bits per heavy atom. The highest BCUT2D eigenvalue weighted by molar-refractivity contribution is 7.10. The highest BCUT2D eigenvalue weighted by atomic mass is 32.1. The third-order valence-corrected chi connectivity index (χ3v) is 4.46. The third kappa shape index (κ3) is 3.33. The van der Waals surface area contributed by atoms with Crippen LogP contribution in [-0.4, -0.2) is 6.54 Å². The Labute approximate surface area is 103 Å². The van der Waals surface area contributed by atoms with Crippen LogP contribution in [-0.2, 0) is 0 Å². The summed E-state index contributed by atoms with van der Waals surface area (Å²) in [5.74, 6) is 1.72. The molecule has 0 radical (unpaired) electrons. The van der Waals surface area contributed by atoms with E-state index in [-0.39, 0.29) is 0 Å². The van der Waals surface area contributed by atoms with Gasteiger partial charge in [-0.05, 0) is 49.1 Å². The van der Waals surface area contributed by atoms with Crippen LogP contribution in [0.15, 0.2) is 17.5 Å². The van der Waals surface area contributed by atoms with Crippen LogP contribution in [0, 0.1) is 11.8 Å². The molecule has 0 bridgehead atoms. The van der Waals surface area contributed by atoms with Gasteiger partial charge in [-0.3, -0.25) is 0 Å². The molecular weight excluding hydrogens is 214 g/mol. The molecule has 16 heavy (non-hydrogen) atoms.